The maximum absolute atomic E-state index is 12.9. The highest BCUT2D eigenvalue weighted by atomic mass is 16.2. The number of nitrogens with one attached hydrogen (secondary N) is 3. The molecule has 1 atom stereocenters. The minimum Gasteiger partial charge on any atom is -0.369 e. The van der Waals surface area contributed by atoms with Crippen molar-refractivity contribution in [2.24, 2.45) is 10.9 Å². The quantitative estimate of drug-likeness (QED) is 0.202. The number of amides is 2. The minimum absolute atomic E-state index is 0.0398. The number of allylic oxidation sites excluding steroid dienone is 2. The molecule has 1 unspecified atom stereocenters. The number of hydrogen-bond acceptors (Lipinski definition) is 5. The molecule has 0 bridgehead atoms. The molecule has 2 aliphatic rings. The van der Waals surface area contributed by atoms with Crippen molar-refractivity contribution in [3.63, 3.8) is 0 Å². The lowest BCUT2D eigenvalue weighted by molar-refractivity contribution is -0.117. The molecular weight excluding hydrogens is 645 g/mol. The number of aliphatic imine (C=N–C) groups is 1. The number of hydrogen-bond donors (Lipinski definition) is 3. The number of unbranched alkanes of at least 4 members (excludes halogenated alkanes) is 2. The Balaban J connectivity index is 0.00000106. The Labute approximate surface area is 314 Å². The highest BCUT2D eigenvalue weighted by Crippen LogP contribution is 2.27. The van der Waals surface area contributed by atoms with Crippen molar-refractivity contribution in [3.8, 4) is 11.8 Å². The van der Waals surface area contributed by atoms with Gasteiger partial charge in [0.1, 0.15) is 5.84 Å². The molecule has 1 aromatic carbocycles. The topological polar surface area (TPSA) is 98.7 Å². The van der Waals surface area contributed by atoms with Gasteiger partial charge in [0.05, 0.1) is 12.1 Å². The first-order chi connectivity index (χ1) is 25.0. The van der Waals surface area contributed by atoms with Crippen LogP contribution in [0.25, 0.3) is 5.70 Å². The number of carbonyl (C=O) groups excluding carboxylic acids is 2. The molecule has 8 nitrogen and oxygen atoms in total. The molecule has 4 rings (SSSR count). The lowest BCUT2D eigenvalue weighted by Gasteiger charge is -2.34. The third kappa shape index (κ3) is 14.9. The van der Waals surface area contributed by atoms with Crippen LogP contribution in [0.5, 0.6) is 0 Å². The smallest absolute Gasteiger partial charge is 0.296 e. The Morgan fingerprint density at radius 3 is 2.31 bits per heavy atom. The maximum atomic E-state index is 12.9. The van der Waals surface area contributed by atoms with Crippen LogP contribution in [0.1, 0.15) is 125 Å². The Kier molecular flexibility index (Phi) is 19.9. The summed E-state index contributed by atoms with van der Waals surface area (Å²) in [6, 6.07) is 11.8. The maximum Gasteiger partial charge on any atom is 0.296 e. The normalized spacial score (nSPS) is 17.0. The molecular formula is C44H64N6O2. The van der Waals surface area contributed by atoms with Crippen LogP contribution in [0.4, 0.5) is 11.4 Å². The van der Waals surface area contributed by atoms with Gasteiger partial charge in [0.25, 0.3) is 5.91 Å². The molecule has 1 aromatic heterocycles. The predicted octanol–water partition coefficient (Wildman–Crippen LogP) is 9.61. The van der Waals surface area contributed by atoms with E-state index in [0.29, 0.717) is 18.2 Å². The lowest BCUT2D eigenvalue weighted by atomic mass is 9.98. The zero-order valence-electron chi connectivity index (χ0n) is 33.6. The van der Waals surface area contributed by atoms with Gasteiger partial charge >= 0.3 is 0 Å². The molecule has 2 amide bonds. The summed E-state index contributed by atoms with van der Waals surface area (Å²) >= 11 is 0. The zero-order chi connectivity index (χ0) is 38.5. The highest BCUT2D eigenvalue weighted by Gasteiger charge is 2.23. The van der Waals surface area contributed by atoms with Gasteiger partial charge in [-0.1, -0.05) is 103 Å². The number of anilines is 2. The van der Waals surface area contributed by atoms with E-state index >= 15 is 0 Å². The van der Waals surface area contributed by atoms with Crippen LogP contribution >= 0.6 is 0 Å². The van der Waals surface area contributed by atoms with Gasteiger partial charge < -0.3 is 20.9 Å². The second-order valence-electron chi connectivity index (χ2n) is 13.7. The van der Waals surface area contributed by atoms with Gasteiger partial charge in [-0.2, -0.15) is 0 Å². The van der Waals surface area contributed by atoms with Crippen LogP contribution in [-0.2, 0) is 16.0 Å². The summed E-state index contributed by atoms with van der Waals surface area (Å²) in [4.78, 5) is 36.3. The SMILES string of the molecule is CC#CC(=O)NC1CCCN(c2ccnc(CC(=O)Nc3ccc(C4=C/C(=C(/C)C(C)C)C(=NC=C(C)CC)N4)cc3)c2)C1.CCCC.CCCC. The number of pyridine rings is 1. The van der Waals surface area contributed by atoms with Crippen molar-refractivity contribution in [3.05, 3.63) is 82.8 Å². The van der Waals surface area contributed by atoms with E-state index in [9.17, 15) is 9.59 Å². The summed E-state index contributed by atoms with van der Waals surface area (Å²) < 4.78 is 0. The molecule has 0 saturated carbocycles. The van der Waals surface area contributed by atoms with Crippen LogP contribution in [0.2, 0.25) is 0 Å². The Morgan fingerprint density at radius 2 is 1.71 bits per heavy atom. The summed E-state index contributed by atoms with van der Waals surface area (Å²) in [6.07, 6.45) is 14.1. The largest absolute Gasteiger partial charge is 0.369 e. The van der Waals surface area contributed by atoms with Gasteiger partial charge in [-0.3, -0.25) is 14.6 Å². The van der Waals surface area contributed by atoms with Gasteiger partial charge in [-0.05, 0) is 87.8 Å². The molecule has 2 aromatic rings. The minimum atomic E-state index is -0.244. The standard InChI is InChI=1S/C36H44N6O2.2C4H10/c1-7-10-34(43)40-29-11-9-18-42(23-29)31-16-17-37-30(19-31)20-35(44)39-28-14-12-27(13-15-28)33-21-32(26(6)24(3)4)36(41-33)38-22-25(5)8-2;2*1-3-4-2/h12-17,19,21-22,24,29H,8-9,11,18,20,23H2,1-6H3,(H,38,41)(H,39,44)(H,40,43);2*3-4H2,1-2H3/b25-22?,32-26+;;. The third-order valence-corrected chi connectivity index (χ3v) is 9.04. The van der Waals surface area contributed by atoms with Crippen LogP contribution in [0.15, 0.2) is 76.6 Å². The molecule has 2 aliphatic heterocycles. The molecule has 282 valence electrons. The molecule has 8 heteroatoms. The van der Waals surface area contributed by atoms with E-state index in [1.165, 1.54) is 36.8 Å². The summed E-state index contributed by atoms with van der Waals surface area (Å²) in [5, 5.41) is 9.49. The number of carbonyl (C=O) groups is 2. The molecule has 0 aliphatic carbocycles. The van der Waals surface area contributed by atoms with Gasteiger partial charge in [0, 0.05) is 54.2 Å². The van der Waals surface area contributed by atoms with Gasteiger partial charge in [-0.15, -0.1) is 0 Å². The van der Waals surface area contributed by atoms with E-state index in [-0.39, 0.29) is 24.3 Å². The molecule has 1 fully saturated rings. The second-order valence-corrected chi connectivity index (χ2v) is 13.7. The average Bonchev–Trinajstić information content (AvgIpc) is 3.58. The summed E-state index contributed by atoms with van der Waals surface area (Å²) in [5.74, 6) is 6.08. The molecule has 0 spiro atoms. The number of benzene rings is 1. The summed E-state index contributed by atoms with van der Waals surface area (Å²) in [5.41, 5.74) is 8.04. The van der Waals surface area contributed by atoms with Crippen LogP contribution in [0, 0.1) is 17.8 Å². The monoisotopic (exact) mass is 709 g/mol. The summed E-state index contributed by atoms with van der Waals surface area (Å²) in [7, 11) is 0. The lowest BCUT2D eigenvalue weighted by Crippen LogP contribution is -2.47. The van der Waals surface area contributed by atoms with Crippen molar-refractivity contribution in [1.82, 2.24) is 15.6 Å². The van der Waals surface area contributed by atoms with Crippen molar-refractivity contribution < 1.29 is 9.59 Å². The molecule has 1 saturated heterocycles. The number of aromatic nitrogens is 1. The Morgan fingerprint density at radius 1 is 1.04 bits per heavy atom. The number of piperidine rings is 1. The first-order valence-corrected chi connectivity index (χ1v) is 19.3. The van der Waals surface area contributed by atoms with Gasteiger partial charge in [-0.25, -0.2) is 4.99 Å². The zero-order valence-corrected chi connectivity index (χ0v) is 33.6. The molecule has 52 heavy (non-hydrogen) atoms. The van der Waals surface area contributed by atoms with Crippen molar-refractivity contribution >= 4 is 34.7 Å². The fourth-order valence-corrected chi connectivity index (χ4v) is 5.10. The van der Waals surface area contributed by atoms with Crippen molar-refractivity contribution in [1.29, 1.82) is 0 Å². The van der Waals surface area contributed by atoms with E-state index in [1.807, 2.05) is 42.6 Å². The Hall–Kier alpha value is -4.64. The summed E-state index contributed by atoms with van der Waals surface area (Å²) in [6.45, 7) is 22.7. The second kappa shape index (κ2) is 23.8. The molecule has 3 heterocycles. The number of rotatable bonds is 11. The van der Waals surface area contributed by atoms with E-state index in [0.717, 1.165) is 59.9 Å². The fourth-order valence-electron chi connectivity index (χ4n) is 5.10. The van der Waals surface area contributed by atoms with E-state index in [1.54, 1.807) is 13.1 Å². The van der Waals surface area contributed by atoms with Gasteiger partial charge in [0.2, 0.25) is 5.91 Å². The van der Waals surface area contributed by atoms with E-state index < -0.39 is 0 Å². The predicted molar refractivity (Wildman–Crippen MR) is 221 cm³/mol. The first-order valence-electron chi connectivity index (χ1n) is 19.3. The van der Waals surface area contributed by atoms with Crippen molar-refractivity contribution in [2.45, 2.75) is 127 Å². The Bertz CT molecular complexity index is 1610. The van der Waals surface area contributed by atoms with Crippen molar-refractivity contribution in [2.75, 3.05) is 23.3 Å². The van der Waals surface area contributed by atoms with E-state index in [4.69, 9.17) is 4.99 Å². The third-order valence-electron chi connectivity index (χ3n) is 9.04. The van der Waals surface area contributed by atoms with Gasteiger partial charge in [0.15, 0.2) is 0 Å². The molecule has 0 radical (unpaired) electrons. The molecule has 3 N–H and O–H groups in total. The van der Waals surface area contributed by atoms with E-state index in [2.05, 4.69) is 106 Å². The highest BCUT2D eigenvalue weighted by molar-refractivity contribution is 6.12. The number of amidine groups is 1. The first kappa shape index (κ1) is 43.5. The van der Waals surface area contributed by atoms with Crippen LogP contribution in [-0.4, -0.2) is 41.8 Å². The van der Waals surface area contributed by atoms with Crippen LogP contribution in [0.3, 0.4) is 0 Å². The fraction of sp³-hybridized carbons (Fsp3) is 0.500. The average molecular weight is 709 g/mol. The number of nitrogens with zero attached hydrogens (tertiary/aromatic N) is 3. The van der Waals surface area contributed by atoms with Crippen LogP contribution < -0.4 is 20.9 Å².